The van der Waals surface area contributed by atoms with E-state index in [1.54, 1.807) is 13.8 Å². The predicted molar refractivity (Wildman–Crippen MR) is 92.1 cm³/mol. The van der Waals surface area contributed by atoms with Gasteiger partial charge in [-0.15, -0.1) is 0 Å². The highest BCUT2D eigenvalue weighted by atomic mass is 16.6. The van der Waals surface area contributed by atoms with E-state index in [1.165, 1.54) is 6.92 Å². The third-order valence-corrected chi connectivity index (χ3v) is 7.44. The Morgan fingerprint density at radius 1 is 1.26 bits per heavy atom. The largest absolute Gasteiger partial charge is 0.459 e. The minimum absolute atomic E-state index is 0.0892. The third kappa shape index (κ3) is 2.36. The van der Waals surface area contributed by atoms with E-state index in [-0.39, 0.29) is 19.1 Å². The Morgan fingerprint density at radius 3 is 2.56 bits per heavy atom. The molecule has 1 spiro atoms. The van der Waals surface area contributed by atoms with Crippen LogP contribution in [0, 0.1) is 5.92 Å². The van der Waals surface area contributed by atoms with E-state index in [2.05, 4.69) is 0 Å². The Bertz CT molecular complexity index is 734. The molecule has 4 aliphatic rings. The summed E-state index contributed by atoms with van der Waals surface area (Å²) in [4.78, 5) is 25.4. The number of carbonyl (C=O) groups is 2. The lowest BCUT2D eigenvalue weighted by molar-refractivity contribution is -0.955. The quantitative estimate of drug-likeness (QED) is 0.260. The smallest absolute Gasteiger partial charge is 0.338 e. The van der Waals surface area contributed by atoms with Crippen LogP contribution < -0.4 is 0 Å². The van der Waals surface area contributed by atoms with Crippen molar-refractivity contribution in [2.45, 2.75) is 62.7 Å². The van der Waals surface area contributed by atoms with Crippen molar-refractivity contribution in [1.82, 2.24) is 0 Å². The number of hydrogen-bond acceptors (Lipinski definition) is 7. The number of nitrogens with zero attached hydrogens (tertiary/aromatic N) is 1. The number of esters is 2. The van der Waals surface area contributed by atoms with E-state index >= 15 is 0 Å². The van der Waals surface area contributed by atoms with Crippen LogP contribution in [0.1, 0.15) is 33.6 Å². The van der Waals surface area contributed by atoms with Crippen LogP contribution in [0.4, 0.5) is 0 Å². The van der Waals surface area contributed by atoms with E-state index in [9.17, 15) is 19.8 Å². The molecule has 0 amide bonds. The topological polar surface area (TPSA) is 106 Å². The lowest BCUT2D eigenvalue weighted by Crippen LogP contribution is -2.61. The molecule has 0 saturated carbocycles. The van der Waals surface area contributed by atoms with Gasteiger partial charge in [0.15, 0.2) is 11.7 Å². The lowest BCUT2D eigenvalue weighted by Gasteiger charge is -2.40. The average molecular weight is 382 g/mol. The molecule has 8 heteroatoms. The minimum Gasteiger partial charge on any atom is -0.459 e. The van der Waals surface area contributed by atoms with E-state index in [1.807, 2.05) is 13.1 Å². The van der Waals surface area contributed by atoms with E-state index in [0.29, 0.717) is 29.6 Å². The SMILES string of the molecule is CC1OC12CC(=O)OC1CC[N+]3(C)CC=C(COC(=O)C(C)(O)C2C)C13O. The number of quaternary nitrogens is 1. The first kappa shape index (κ1) is 18.9. The monoisotopic (exact) mass is 382 g/mol. The van der Waals surface area contributed by atoms with Gasteiger partial charge < -0.3 is 24.4 Å². The van der Waals surface area contributed by atoms with E-state index < -0.39 is 40.9 Å². The Morgan fingerprint density at radius 2 is 1.93 bits per heavy atom. The summed E-state index contributed by atoms with van der Waals surface area (Å²) in [5.74, 6) is -1.94. The van der Waals surface area contributed by atoms with Crippen LogP contribution in [0.15, 0.2) is 11.6 Å². The first-order valence-electron chi connectivity index (χ1n) is 9.51. The van der Waals surface area contributed by atoms with Crippen molar-refractivity contribution in [3.8, 4) is 0 Å². The van der Waals surface area contributed by atoms with Crippen LogP contribution in [0.3, 0.4) is 0 Å². The van der Waals surface area contributed by atoms with Gasteiger partial charge in [0.2, 0.25) is 0 Å². The summed E-state index contributed by atoms with van der Waals surface area (Å²) < 4.78 is 17.1. The number of hydrogen-bond donors (Lipinski definition) is 2. The molecular weight excluding hydrogens is 354 g/mol. The molecule has 0 aliphatic carbocycles. The van der Waals surface area contributed by atoms with Crippen LogP contribution in [0.5, 0.6) is 0 Å². The van der Waals surface area contributed by atoms with Crippen LogP contribution >= 0.6 is 0 Å². The van der Waals surface area contributed by atoms with Gasteiger partial charge in [0.25, 0.3) is 5.72 Å². The number of epoxide rings is 1. The average Bonchev–Trinajstić information content (AvgIpc) is 3.07. The minimum atomic E-state index is -1.83. The molecule has 0 aromatic rings. The van der Waals surface area contributed by atoms with Crippen molar-refractivity contribution in [1.29, 1.82) is 0 Å². The fourth-order valence-corrected chi connectivity index (χ4v) is 5.13. The van der Waals surface area contributed by atoms with E-state index in [0.717, 1.165) is 0 Å². The Hall–Kier alpha value is -1.48. The van der Waals surface area contributed by atoms with Gasteiger partial charge >= 0.3 is 11.9 Å². The number of likely N-dealkylation sites (N-methyl/N-ethyl adjacent to an activating group) is 1. The number of aliphatic hydroxyl groups is 2. The molecule has 4 heterocycles. The number of cyclic esters (lactones) is 1. The van der Waals surface area contributed by atoms with Crippen LogP contribution in [-0.2, 0) is 23.8 Å². The van der Waals surface area contributed by atoms with Gasteiger partial charge in [0.1, 0.15) is 18.8 Å². The fourth-order valence-electron chi connectivity index (χ4n) is 5.13. The lowest BCUT2D eigenvalue weighted by atomic mass is 9.76. The summed E-state index contributed by atoms with van der Waals surface area (Å²) in [5, 5.41) is 22.3. The van der Waals surface area contributed by atoms with E-state index in [4.69, 9.17) is 14.2 Å². The molecule has 0 radical (unpaired) electrons. The van der Waals surface area contributed by atoms with Crippen molar-refractivity contribution in [3.63, 3.8) is 0 Å². The molecule has 8 nitrogen and oxygen atoms in total. The van der Waals surface area contributed by atoms with Crippen molar-refractivity contribution in [3.05, 3.63) is 11.6 Å². The molecule has 4 rings (SSSR count). The molecule has 150 valence electrons. The van der Waals surface area contributed by atoms with Crippen LogP contribution in [0.25, 0.3) is 0 Å². The second-order valence-electron chi connectivity index (χ2n) is 8.86. The molecule has 3 fully saturated rings. The normalized spacial score (nSPS) is 52.4. The molecule has 7 unspecified atom stereocenters. The van der Waals surface area contributed by atoms with Gasteiger partial charge in [-0.05, 0) is 19.9 Å². The number of carbonyl (C=O) groups excluding carboxylic acids is 2. The second-order valence-corrected chi connectivity index (χ2v) is 8.86. The van der Waals surface area contributed by atoms with Gasteiger partial charge in [0.05, 0.1) is 31.7 Å². The summed E-state index contributed by atoms with van der Waals surface area (Å²) in [5.41, 5.74) is -3.72. The molecule has 0 aromatic heterocycles. The maximum atomic E-state index is 12.7. The Balaban J connectivity index is 1.71. The zero-order chi connectivity index (χ0) is 19.8. The predicted octanol–water partition coefficient (Wildman–Crippen LogP) is -0.131. The number of ether oxygens (including phenoxy) is 3. The highest BCUT2D eigenvalue weighted by molar-refractivity contribution is 5.80. The molecular formula is C19H28NO7+. The van der Waals surface area contributed by atoms with Gasteiger partial charge in [0, 0.05) is 12.3 Å². The molecule has 27 heavy (non-hydrogen) atoms. The molecule has 3 saturated heterocycles. The summed E-state index contributed by atoms with van der Waals surface area (Å²) in [7, 11) is 1.90. The standard InChI is InChI=1S/C19H28NO7/c1-11-17(3,23)16(22)25-10-13-5-7-20(4)8-6-14(19(13,20)24)26-15(21)9-18(11)12(2)27-18/h5,11-12,14,23-24H,6-10H2,1-4H3/q+1. The second kappa shape index (κ2) is 5.53. The maximum absolute atomic E-state index is 12.7. The van der Waals surface area contributed by atoms with Gasteiger partial charge in [-0.25, -0.2) is 4.79 Å². The number of rotatable bonds is 0. The fraction of sp³-hybridized carbons (Fsp3) is 0.789. The Kier molecular flexibility index (Phi) is 3.86. The van der Waals surface area contributed by atoms with Crippen LogP contribution in [-0.4, -0.2) is 82.5 Å². The van der Waals surface area contributed by atoms with Crippen LogP contribution in [0.2, 0.25) is 0 Å². The summed E-state index contributed by atoms with van der Waals surface area (Å²) in [6.07, 6.45) is 1.28. The highest BCUT2D eigenvalue weighted by Gasteiger charge is 2.68. The summed E-state index contributed by atoms with van der Waals surface area (Å²) in [6.45, 7) is 5.92. The maximum Gasteiger partial charge on any atom is 0.338 e. The van der Waals surface area contributed by atoms with Gasteiger partial charge in [-0.1, -0.05) is 6.92 Å². The summed E-state index contributed by atoms with van der Waals surface area (Å²) >= 11 is 0. The Labute approximate surface area is 158 Å². The van der Waals surface area contributed by atoms with Gasteiger partial charge in [-0.3, -0.25) is 9.28 Å². The van der Waals surface area contributed by atoms with Crippen molar-refractivity contribution in [2.24, 2.45) is 5.92 Å². The van der Waals surface area contributed by atoms with Gasteiger partial charge in [-0.2, -0.15) is 0 Å². The molecule has 0 bridgehead atoms. The molecule has 7 atom stereocenters. The highest BCUT2D eigenvalue weighted by Crippen LogP contribution is 2.51. The first-order valence-corrected chi connectivity index (χ1v) is 9.51. The summed E-state index contributed by atoms with van der Waals surface area (Å²) in [6, 6.07) is 0. The zero-order valence-corrected chi connectivity index (χ0v) is 16.2. The first-order chi connectivity index (χ1) is 12.5. The third-order valence-electron chi connectivity index (χ3n) is 7.44. The van der Waals surface area contributed by atoms with Crippen molar-refractivity contribution < 1.29 is 38.5 Å². The molecule has 0 aromatic carbocycles. The van der Waals surface area contributed by atoms with Crippen molar-refractivity contribution in [2.75, 3.05) is 26.7 Å². The molecule has 2 N–H and O–H groups in total. The van der Waals surface area contributed by atoms with Crippen molar-refractivity contribution >= 4 is 11.9 Å². The molecule has 4 aliphatic heterocycles. The zero-order valence-electron chi connectivity index (χ0n) is 16.2.